The highest BCUT2D eigenvalue weighted by Gasteiger charge is 2.19. The van der Waals surface area contributed by atoms with Crippen LogP contribution in [0.15, 0.2) is 0 Å². The number of unbranched alkanes of at least 4 members (excludes halogenated alkanes) is 33. The Labute approximate surface area is 336 Å². The first kappa shape index (κ1) is 52.4. The van der Waals surface area contributed by atoms with Gasteiger partial charge in [-0.3, -0.25) is 14.4 Å². The van der Waals surface area contributed by atoms with E-state index in [1.165, 1.54) is 161 Å². The van der Waals surface area contributed by atoms with E-state index in [2.05, 4.69) is 20.8 Å². The van der Waals surface area contributed by atoms with Gasteiger partial charge in [-0.2, -0.15) is 0 Å². The van der Waals surface area contributed by atoms with Gasteiger partial charge in [-0.05, 0) is 19.3 Å². The standard InChI is InChI=1S/C48H92O6/c1-4-7-10-13-14-15-16-17-18-19-20-21-22-23-24-25-26-27-28-29-30-31-32-33-36-38-41-47(50)53-44-45(54-48(51)42-39-35-12-9-6-3)43-52-46(49)40-37-34-11-8-5-2/h45H,4-44H2,1-3H3. The first-order valence-corrected chi connectivity index (χ1v) is 24.0. The summed E-state index contributed by atoms with van der Waals surface area (Å²) in [5.74, 6) is -0.884. The van der Waals surface area contributed by atoms with E-state index in [1.54, 1.807) is 0 Å². The SMILES string of the molecule is CCCCCCCCCCCCCCCCCCCCCCCCCCCCC(=O)OCC(COC(=O)CCCCCCC)OC(=O)CCCCCCC. The maximum atomic E-state index is 12.4. The molecule has 0 aliphatic rings. The fourth-order valence-electron chi connectivity index (χ4n) is 7.21. The van der Waals surface area contributed by atoms with Crippen LogP contribution in [0.4, 0.5) is 0 Å². The molecular formula is C48H92O6. The molecular weight excluding hydrogens is 673 g/mol. The average Bonchev–Trinajstić information content (AvgIpc) is 3.17. The Balaban J connectivity index is 3.78. The van der Waals surface area contributed by atoms with Crippen molar-refractivity contribution in [2.75, 3.05) is 13.2 Å². The van der Waals surface area contributed by atoms with Crippen LogP contribution in [0.5, 0.6) is 0 Å². The molecule has 0 aromatic heterocycles. The molecule has 1 unspecified atom stereocenters. The monoisotopic (exact) mass is 765 g/mol. The van der Waals surface area contributed by atoms with Crippen LogP contribution >= 0.6 is 0 Å². The van der Waals surface area contributed by atoms with Gasteiger partial charge in [0.2, 0.25) is 0 Å². The van der Waals surface area contributed by atoms with Gasteiger partial charge in [0.25, 0.3) is 0 Å². The predicted molar refractivity (Wildman–Crippen MR) is 229 cm³/mol. The zero-order chi connectivity index (χ0) is 39.4. The van der Waals surface area contributed by atoms with E-state index in [9.17, 15) is 14.4 Å². The van der Waals surface area contributed by atoms with Gasteiger partial charge in [0.15, 0.2) is 6.10 Å². The summed E-state index contributed by atoms with van der Waals surface area (Å²) in [5, 5.41) is 0. The van der Waals surface area contributed by atoms with E-state index in [0.29, 0.717) is 19.3 Å². The van der Waals surface area contributed by atoms with Gasteiger partial charge in [0, 0.05) is 19.3 Å². The van der Waals surface area contributed by atoms with E-state index in [1.807, 2.05) is 0 Å². The molecule has 6 heteroatoms. The molecule has 0 aliphatic heterocycles. The van der Waals surface area contributed by atoms with Crippen LogP contribution in [0.2, 0.25) is 0 Å². The van der Waals surface area contributed by atoms with Crippen LogP contribution in [0, 0.1) is 0 Å². The van der Waals surface area contributed by atoms with Crippen molar-refractivity contribution in [2.24, 2.45) is 0 Å². The van der Waals surface area contributed by atoms with Crippen molar-refractivity contribution >= 4 is 17.9 Å². The van der Waals surface area contributed by atoms with Crippen LogP contribution in [-0.2, 0) is 28.6 Å². The van der Waals surface area contributed by atoms with Crippen LogP contribution in [-0.4, -0.2) is 37.2 Å². The zero-order valence-electron chi connectivity index (χ0n) is 36.5. The van der Waals surface area contributed by atoms with Gasteiger partial charge in [-0.25, -0.2) is 0 Å². The number of rotatable bonds is 44. The Morgan fingerprint density at radius 2 is 0.500 bits per heavy atom. The Morgan fingerprint density at radius 1 is 0.296 bits per heavy atom. The maximum absolute atomic E-state index is 12.4. The molecule has 0 N–H and O–H groups in total. The minimum absolute atomic E-state index is 0.0658. The molecule has 0 spiro atoms. The smallest absolute Gasteiger partial charge is 0.306 e. The third kappa shape index (κ3) is 41.6. The Hall–Kier alpha value is -1.59. The molecule has 0 aliphatic carbocycles. The average molecular weight is 765 g/mol. The summed E-state index contributed by atoms with van der Waals surface area (Å²) in [6.07, 6.45) is 46.1. The molecule has 0 aromatic rings. The van der Waals surface area contributed by atoms with Crippen molar-refractivity contribution in [3.63, 3.8) is 0 Å². The largest absolute Gasteiger partial charge is 0.462 e. The molecule has 0 bridgehead atoms. The second-order valence-electron chi connectivity index (χ2n) is 16.4. The van der Waals surface area contributed by atoms with Crippen molar-refractivity contribution in [2.45, 2.75) is 277 Å². The van der Waals surface area contributed by atoms with Crippen molar-refractivity contribution in [1.29, 1.82) is 0 Å². The lowest BCUT2D eigenvalue weighted by molar-refractivity contribution is -0.167. The highest BCUT2D eigenvalue weighted by atomic mass is 16.6. The number of ether oxygens (including phenoxy) is 3. The fraction of sp³-hybridized carbons (Fsp3) is 0.938. The van der Waals surface area contributed by atoms with E-state index < -0.39 is 6.10 Å². The summed E-state index contributed by atoms with van der Waals surface area (Å²) in [6.45, 7) is 6.49. The number of esters is 3. The second-order valence-corrected chi connectivity index (χ2v) is 16.4. The lowest BCUT2D eigenvalue weighted by Gasteiger charge is -2.18. The van der Waals surface area contributed by atoms with Gasteiger partial charge in [0.1, 0.15) is 13.2 Å². The minimum Gasteiger partial charge on any atom is -0.462 e. The molecule has 0 rings (SSSR count). The summed E-state index contributed by atoms with van der Waals surface area (Å²) in [4.78, 5) is 37.1. The third-order valence-corrected chi connectivity index (χ3v) is 10.9. The Bertz CT molecular complexity index is 798. The number of carbonyl (C=O) groups excluding carboxylic acids is 3. The molecule has 0 heterocycles. The van der Waals surface area contributed by atoms with E-state index in [4.69, 9.17) is 14.2 Å². The quantitative estimate of drug-likeness (QED) is 0.0349. The van der Waals surface area contributed by atoms with Gasteiger partial charge in [0.05, 0.1) is 0 Å². The minimum atomic E-state index is -0.755. The third-order valence-electron chi connectivity index (χ3n) is 10.9. The lowest BCUT2D eigenvalue weighted by Crippen LogP contribution is -2.30. The Kier molecular flexibility index (Phi) is 42.8. The maximum Gasteiger partial charge on any atom is 0.306 e. The number of hydrogen-bond acceptors (Lipinski definition) is 6. The molecule has 0 fully saturated rings. The molecule has 0 amide bonds. The predicted octanol–water partition coefficient (Wildman–Crippen LogP) is 15.3. The lowest BCUT2D eigenvalue weighted by atomic mass is 10.0. The summed E-state index contributed by atoms with van der Waals surface area (Å²) in [7, 11) is 0. The van der Waals surface area contributed by atoms with Gasteiger partial charge < -0.3 is 14.2 Å². The van der Waals surface area contributed by atoms with Crippen LogP contribution in [0.25, 0.3) is 0 Å². The van der Waals surface area contributed by atoms with Crippen LogP contribution < -0.4 is 0 Å². The van der Waals surface area contributed by atoms with Crippen LogP contribution in [0.1, 0.15) is 271 Å². The molecule has 54 heavy (non-hydrogen) atoms. The van der Waals surface area contributed by atoms with Crippen molar-refractivity contribution in [3.05, 3.63) is 0 Å². The molecule has 6 nitrogen and oxygen atoms in total. The summed E-state index contributed by atoms with van der Waals surface area (Å²) >= 11 is 0. The molecule has 320 valence electrons. The Morgan fingerprint density at radius 3 is 0.741 bits per heavy atom. The molecule has 0 radical (unpaired) electrons. The van der Waals surface area contributed by atoms with Gasteiger partial charge >= 0.3 is 17.9 Å². The van der Waals surface area contributed by atoms with Gasteiger partial charge in [-0.1, -0.05) is 233 Å². The number of hydrogen-bond donors (Lipinski definition) is 0. The van der Waals surface area contributed by atoms with Crippen molar-refractivity contribution < 1.29 is 28.6 Å². The topological polar surface area (TPSA) is 78.9 Å². The summed E-state index contributed by atoms with van der Waals surface area (Å²) in [5.41, 5.74) is 0. The van der Waals surface area contributed by atoms with E-state index >= 15 is 0 Å². The molecule has 0 aromatic carbocycles. The molecule has 0 saturated carbocycles. The second kappa shape index (κ2) is 44.1. The number of carbonyl (C=O) groups is 3. The van der Waals surface area contributed by atoms with Crippen LogP contribution in [0.3, 0.4) is 0 Å². The van der Waals surface area contributed by atoms with Gasteiger partial charge in [-0.15, -0.1) is 0 Å². The molecule has 1 atom stereocenters. The van der Waals surface area contributed by atoms with E-state index in [0.717, 1.165) is 70.6 Å². The zero-order valence-corrected chi connectivity index (χ0v) is 36.5. The summed E-state index contributed by atoms with van der Waals surface area (Å²) < 4.78 is 16.5. The van der Waals surface area contributed by atoms with E-state index in [-0.39, 0.29) is 31.1 Å². The highest BCUT2D eigenvalue weighted by Crippen LogP contribution is 2.17. The normalized spacial score (nSPS) is 11.8. The highest BCUT2D eigenvalue weighted by molar-refractivity contribution is 5.71. The summed E-state index contributed by atoms with van der Waals surface area (Å²) in [6, 6.07) is 0. The fourth-order valence-corrected chi connectivity index (χ4v) is 7.21. The first-order chi connectivity index (χ1) is 26.5. The first-order valence-electron chi connectivity index (χ1n) is 24.0. The van der Waals surface area contributed by atoms with Crippen molar-refractivity contribution in [1.82, 2.24) is 0 Å². The van der Waals surface area contributed by atoms with Crippen molar-refractivity contribution in [3.8, 4) is 0 Å². The molecule has 0 saturated heterocycles.